The van der Waals surface area contributed by atoms with Gasteiger partial charge in [0.05, 0.1) is 6.04 Å². The molecule has 2 fully saturated rings. The summed E-state index contributed by atoms with van der Waals surface area (Å²) in [6, 6.07) is 9.98. The molecule has 1 aliphatic carbocycles. The fourth-order valence-electron chi connectivity index (χ4n) is 3.18. The Hall–Kier alpha value is -0.910. The van der Waals surface area contributed by atoms with E-state index >= 15 is 0 Å². The second kappa shape index (κ2) is 6.07. The molecule has 3 rings (SSSR count). The normalized spacial score (nSPS) is 25.7. The Labute approximate surface area is 127 Å². The number of hydrogen-bond acceptors (Lipinski definition) is 2. The summed E-state index contributed by atoms with van der Waals surface area (Å²) in [6.45, 7) is 2.65. The maximum absolute atomic E-state index is 12.7. The van der Waals surface area contributed by atoms with Gasteiger partial charge >= 0.3 is 0 Å². The molecule has 1 aromatic rings. The Bertz CT molecular complexity index is 569. The molecular formula is C16H24N2O2S. The molecule has 116 valence electrons. The number of nitrogens with one attached hydrogen (secondary N) is 1. The summed E-state index contributed by atoms with van der Waals surface area (Å²) in [7, 11) is -3.40. The van der Waals surface area contributed by atoms with Crippen LogP contribution in [0.3, 0.4) is 0 Å². The Morgan fingerprint density at radius 1 is 1.14 bits per heavy atom. The fourth-order valence-corrected chi connectivity index (χ4v) is 4.92. The van der Waals surface area contributed by atoms with Gasteiger partial charge in [0.1, 0.15) is 0 Å². The largest absolute Gasteiger partial charge is 0.280 e. The Balaban J connectivity index is 1.79. The van der Waals surface area contributed by atoms with Gasteiger partial charge in [0.2, 0.25) is 0 Å². The second-order valence-electron chi connectivity index (χ2n) is 6.30. The molecule has 5 heteroatoms. The molecule has 0 amide bonds. The van der Waals surface area contributed by atoms with Crippen LogP contribution in [0.2, 0.25) is 0 Å². The van der Waals surface area contributed by atoms with Gasteiger partial charge in [0, 0.05) is 12.6 Å². The van der Waals surface area contributed by atoms with E-state index in [1.165, 1.54) is 0 Å². The minimum absolute atomic E-state index is 0.0784. The summed E-state index contributed by atoms with van der Waals surface area (Å²) in [5, 5.41) is 0. The highest BCUT2D eigenvalue weighted by molar-refractivity contribution is 7.87. The Morgan fingerprint density at radius 2 is 1.86 bits per heavy atom. The number of hydrogen-bond donors (Lipinski definition) is 1. The van der Waals surface area contributed by atoms with Gasteiger partial charge in [-0.1, -0.05) is 36.8 Å². The molecule has 1 aromatic carbocycles. The minimum Gasteiger partial charge on any atom is -0.195 e. The molecule has 4 nitrogen and oxygen atoms in total. The minimum atomic E-state index is -3.40. The average Bonchev–Trinajstić information content (AvgIpc) is 3.31. The molecule has 0 aromatic heterocycles. The first-order valence-corrected chi connectivity index (χ1v) is 9.36. The third kappa shape index (κ3) is 3.47. The van der Waals surface area contributed by atoms with Crippen molar-refractivity contribution in [2.24, 2.45) is 5.92 Å². The highest BCUT2D eigenvalue weighted by Gasteiger charge is 2.38. The maximum atomic E-state index is 12.7. The second-order valence-corrected chi connectivity index (χ2v) is 7.96. The first kappa shape index (κ1) is 15.0. The smallest absolute Gasteiger partial charge is 0.195 e. The third-order valence-electron chi connectivity index (χ3n) is 4.58. The van der Waals surface area contributed by atoms with Gasteiger partial charge in [-0.05, 0) is 44.1 Å². The fraction of sp³-hybridized carbons (Fsp3) is 0.625. The molecule has 1 saturated carbocycles. The van der Waals surface area contributed by atoms with E-state index in [-0.39, 0.29) is 12.1 Å². The van der Waals surface area contributed by atoms with Crippen molar-refractivity contribution in [1.82, 2.24) is 9.03 Å². The third-order valence-corrected chi connectivity index (χ3v) is 6.29. The molecule has 0 radical (unpaired) electrons. The van der Waals surface area contributed by atoms with Crippen molar-refractivity contribution >= 4 is 10.2 Å². The van der Waals surface area contributed by atoms with Crippen LogP contribution in [0, 0.1) is 5.92 Å². The van der Waals surface area contributed by atoms with Crippen molar-refractivity contribution in [3.63, 3.8) is 0 Å². The first-order valence-electron chi connectivity index (χ1n) is 7.92. The van der Waals surface area contributed by atoms with Gasteiger partial charge in [-0.15, -0.1) is 0 Å². The van der Waals surface area contributed by atoms with Crippen molar-refractivity contribution in [3.8, 4) is 0 Å². The maximum Gasteiger partial charge on any atom is 0.280 e. The molecule has 1 N–H and O–H groups in total. The van der Waals surface area contributed by atoms with Crippen LogP contribution in [0.15, 0.2) is 30.3 Å². The lowest BCUT2D eigenvalue weighted by atomic mass is 10.0. The van der Waals surface area contributed by atoms with E-state index in [2.05, 4.69) is 4.72 Å². The summed E-state index contributed by atoms with van der Waals surface area (Å²) in [6.07, 6.45) is 5.26. The van der Waals surface area contributed by atoms with E-state index in [1.807, 2.05) is 37.3 Å². The van der Waals surface area contributed by atoms with Crippen LogP contribution >= 0.6 is 0 Å². The van der Waals surface area contributed by atoms with Crippen LogP contribution in [-0.4, -0.2) is 25.3 Å². The highest BCUT2D eigenvalue weighted by Crippen LogP contribution is 2.41. The lowest BCUT2D eigenvalue weighted by Gasteiger charge is -2.33. The topological polar surface area (TPSA) is 49.4 Å². The zero-order chi connectivity index (χ0) is 14.9. The molecule has 0 bridgehead atoms. The summed E-state index contributed by atoms with van der Waals surface area (Å²) >= 11 is 0. The summed E-state index contributed by atoms with van der Waals surface area (Å²) in [5.41, 5.74) is 1.08. The zero-order valence-electron chi connectivity index (χ0n) is 12.5. The Kier molecular flexibility index (Phi) is 4.33. The van der Waals surface area contributed by atoms with Gasteiger partial charge in [-0.3, -0.25) is 0 Å². The van der Waals surface area contributed by atoms with Crippen LogP contribution in [0.5, 0.6) is 0 Å². The molecule has 2 atom stereocenters. The SMILES string of the molecule is CC1CCCCN1S(=O)(=O)NC(c1ccccc1)C1CC1. The van der Waals surface area contributed by atoms with Crippen LogP contribution in [0.1, 0.15) is 50.6 Å². The summed E-state index contributed by atoms with van der Waals surface area (Å²) < 4.78 is 30.1. The number of nitrogens with zero attached hydrogens (tertiary/aromatic N) is 1. The van der Waals surface area contributed by atoms with E-state index in [0.29, 0.717) is 12.5 Å². The van der Waals surface area contributed by atoms with E-state index in [9.17, 15) is 8.42 Å². The van der Waals surface area contributed by atoms with Crippen molar-refractivity contribution in [2.45, 2.75) is 51.1 Å². The molecule has 1 saturated heterocycles. The zero-order valence-corrected chi connectivity index (χ0v) is 13.3. The quantitative estimate of drug-likeness (QED) is 0.909. The Morgan fingerprint density at radius 3 is 2.48 bits per heavy atom. The van der Waals surface area contributed by atoms with Crippen molar-refractivity contribution < 1.29 is 8.42 Å². The van der Waals surface area contributed by atoms with Gasteiger partial charge in [0.15, 0.2) is 0 Å². The van der Waals surface area contributed by atoms with Gasteiger partial charge in [-0.25, -0.2) is 0 Å². The number of rotatable bonds is 5. The van der Waals surface area contributed by atoms with E-state index < -0.39 is 10.2 Å². The van der Waals surface area contributed by atoms with Gasteiger partial charge in [-0.2, -0.15) is 17.4 Å². The van der Waals surface area contributed by atoms with E-state index in [4.69, 9.17) is 0 Å². The average molecular weight is 308 g/mol. The molecule has 0 spiro atoms. The number of benzene rings is 1. The van der Waals surface area contributed by atoms with Crippen LogP contribution < -0.4 is 4.72 Å². The standard InChI is InChI=1S/C16H24N2O2S/c1-13-7-5-6-12-18(13)21(19,20)17-16(15-10-11-15)14-8-3-2-4-9-14/h2-4,8-9,13,15-17H,5-7,10-12H2,1H3. The molecule has 2 aliphatic rings. The van der Waals surface area contributed by atoms with Crippen molar-refractivity contribution in [3.05, 3.63) is 35.9 Å². The van der Waals surface area contributed by atoms with Crippen LogP contribution in [0.25, 0.3) is 0 Å². The highest BCUT2D eigenvalue weighted by atomic mass is 32.2. The number of piperidine rings is 1. The predicted octanol–water partition coefficient (Wildman–Crippen LogP) is 2.85. The van der Waals surface area contributed by atoms with Crippen molar-refractivity contribution in [2.75, 3.05) is 6.54 Å². The van der Waals surface area contributed by atoms with Gasteiger partial charge < -0.3 is 0 Å². The lowest BCUT2D eigenvalue weighted by molar-refractivity contribution is 0.263. The summed E-state index contributed by atoms with van der Waals surface area (Å²) in [5.74, 6) is 0.447. The predicted molar refractivity (Wildman–Crippen MR) is 84.0 cm³/mol. The summed E-state index contributed by atoms with van der Waals surface area (Å²) in [4.78, 5) is 0. The van der Waals surface area contributed by atoms with Crippen LogP contribution in [0.4, 0.5) is 0 Å². The van der Waals surface area contributed by atoms with Gasteiger partial charge in [0.25, 0.3) is 10.2 Å². The van der Waals surface area contributed by atoms with Crippen molar-refractivity contribution in [1.29, 1.82) is 0 Å². The molecular weight excluding hydrogens is 284 g/mol. The molecule has 21 heavy (non-hydrogen) atoms. The molecule has 1 aliphatic heterocycles. The van der Waals surface area contributed by atoms with E-state index in [0.717, 1.165) is 37.7 Å². The van der Waals surface area contributed by atoms with Crippen LogP contribution in [-0.2, 0) is 10.2 Å². The first-order chi connectivity index (χ1) is 10.1. The lowest BCUT2D eigenvalue weighted by Crippen LogP contribution is -2.49. The van der Waals surface area contributed by atoms with E-state index in [1.54, 1.807) is 4.31 Å². The molecule has 2 unspecified atom stereocenters. The molecule has 1 heterocycles. The monoisotopic (exact) mass is 308 g/mol.